The summed E-state index contributed by atoms with van der Waals surface area (Å²) in [5, 5.41) is 3.61. The van der Waals surface area contributed by atoms with E-state index in [0.717, 1.165) is 37.8 Å². The first-order valence-electron chi connectivity index (χ1n) is 10.0. The molecule has 0 aliphatic carbocycles. The van der Waals surface area contributed by atoms with Crippen molar-refractivity contribution < 1.29 is 4.74 Å². The molecule has 1 N–H and O–H groups in total. The number of benzene rings is 1. The fourth-order valence-corrected chi connectivity index (χ4v) is 3.87. The predicted octanol–water partition coefficient (Wildman–Crippen LogP) is 3.33. The smallest absolute Gasteiger partial charge is 0.193 e. The SMILES string of the molecule is CN=C(NCC(C)(C)c1ccc(OC)cc1)N1CCC(C)C(n2ccnc2)C1. The minimum absolute atomic E-state index is 0.0188. The van der Waals surface area contributed by atoms with Crippen LogP contribution in [0.15, 0.2) is 48.0 Å². The van der Waals surface area contributed by atoms with E-state index >= 15 is 0 Å². The zero-order chi connectivity index (χ0) is 20.1. The molecule has 1 aliphatic heterocycles. The summed E-state index contributed by atoms with van der Waals surface area (Å²) in [6.45, 7) is 9.61. The number of hydrogen-bond acceptors (Lipinski definition) is 3. The number of methoxy groups -OCH3 is 1. The van der Waals surface area contributed by atoms with E-state index in [4.69, 9.17) is 4.74 Å². The molecule has 2 aromatic rings. The standard InChI is InChI=1S/C22H33N5O/c1-17-10-12-26(14-20(17)27-13-11-24-16-27)21(23-4)25-15-22(2,3)18-6-8-19(28-5)9-7-18/h6-9,11,13,16-17,20H,10,12,14-15H2,1-5H3,(H,23,25). The van der Waals surface area contributed by atoms with Gasteiger partial charge in [0.15, 0.2) is 5.96 Å². The lowest BCUT2D eigenvalue weighted by Gasteiger charge is -2.40. The molecule has 0 spiro atoms. The quantitative estimate of drug-likeness (QED) is 0.636. The summed E-state index contributed by atoms with van der Waals surface area (Å²) in [7, 11) is 3.56. The van der Waals surface area contributed by atoms with Crippen molar-refractivity contribution in [2.24, 2.45) is 10.9 Å². The second kappa shape index (κ2) is 8.67. The first-order valence-corrected chi connectivity index (χ1v) is 10.0. The Morgan fingerprint density at radius 3 is 2.68 bits per heavy atom. The molecule has 152 valence electrons. The molecule has 2 heterocycles. The molecule has 1 aliphatic rings. The molecule has 2 unspecified atom stereocenters. The Bertz CT molecular complexity index is 767. The first kappa shape index (κ1) is 20.2. The number of piperidine rings is 1. The summed E-state index contributed by atoms with van der Waals surface area (Å²) < 4.78 is 7.51. The van der Waals surface area contributed by atoms with Gasteiger partial charge in [0.05, 0.1) is 19.5 Å². The lowest BCUT2D eigenvalue weighted by Crippen LogP contribution is -2.51. The summed E-state index contributed by atoms with van der Waals surface area (Å²) in [5.41, 5.74) is 1.26. The van der Waals surface area contributed by atoms with E-state index in [1.807, 2.05) is 31.7 Å². The van der Waals surface area contributed by atoms with Gasteiger partial charge in [0.2, 0.25) is 0 Å². The minimum Gasteiger partial charge on any atom is -0.497 e. The molecular weight excluding hydrogens is 350 g/mol. The Labute approximate surface area is 168 Å². The van der Waals surface area contributed by atoms with Crippen LogP contribution >= 0.6 is 0 Å². The number of hydrogen-bond donors (Lipinski definition) is 1. The first-order chi connectivity index (χ1) is 13.4. The molecule has 28 heavy (non-hydrogen) atoms. The molecule has 3 rings (SSSR count). The van der Waals surface area contributed by atoms with Crippen LogP contribution in [0.1, 0.15) is 38.8 Å². The van der Waals surface area contributed by atoms with Crippen molar-refractivity contribution in [2.45, 2.75) is 38.6 Å². The van der Waals surface area contributed by atoms with Crippen LogP contribution in [-0.2, 0) is 5.41 Å². The summed E-state index contributed by atoms with van der Waals surface area (Å²) in [6, 6.07) is 8.74. The number of nitrogens with zero attached hydrogens (tertiary/aromatic N) is 4. The number of rotatable bonds is 5. The van der Waals surface area contributed by atoms with Gasteiger partial charge in [-0.2, -0.15) is 0 Å². The van der Waals surface area contributed by atoms with Crippen LogP contribution in [-0.4, -0.2) is 54.2 Å². The van der Waals surface area contributed by atoms with Crippen LogP contribution in [0.5, 0.6) is 5.75 Å². The summed E-state index contributed by atoms with van der Waals surface area (Å²) in [4.78, 5) is 11.2. The topological polar surface area (TPSA) is 54.7 Å². The van der Waals surface area contributed by atoms with E-state index in [2.05, 4.69) is 63.9 Å². The molecule has 0 radical (unpaired) electrons. The largest absolute Gasteiger partial charge is 0.497 e. The van der Waals surface area contributed by atoms with E-state index in [-0.39, 0.29) is 5.41 Å². The van der Waals surface area contributed by atoms with Crippen molar-refractivity contribution in [3.63, 3.8) is 0 Å². The molecular formula is C22H33N5O. The summed E-state index contributed by atoms with van der Waals surface area (Å²) >= 11 is 0. The monoisotopic (exact) mass is 383 g/mol. The zero-order valence-electron chi connectivity index (χ0n) is 17.7. The highest BCUT2D eigenvalue weighted by molar-refractivity contribution is 5.80. The fraction of sp³-hybridized carbons (Fsp3) is 0.545. The van der Waals surface area contributed by atoms with Crippen LogP contribution in [0.4, 0.5) is 0 Å². The van der Waals surface area contributed by atoms with Gasteiger partial charge < -0.3 is 19.5 Å². The zero-order valence-corrected chi connectivity index (χ0v) is 17.7. The van der Waals surface area contributed by atoms with Gasteiger partial charge in [-0.05, 0) is 30.0 Å². The summed E-state index contributed by atoms with van der Waals surface area (Å²) in [6.07, 6.45) is 6.99. The maximum atomic E-state index is 5.28. The average molecular weight is 384 g/mol. The van der Waals surface area contributed by atoms with Crippen molar-refractivity contribution in [3.8, 4) is 5.75 Å². The van der Waals surface area contributed by atoms with Gasteiger partial charge in [0.25, 0.3) is 0 Å². The van der Waals surface area contributed by atoms with Crippen molar-refractivity contribution in [3.05, 3.63) is 48.5 Å². The van der Waals surface area contributed by atoms with Gasteiger partial charge in [-0.1, -0.05) is 32.9 Å². The van der Waals surface area contributed by atoms with Crippen LogP contribution < -0.4 is 10.1 Å². The van der Waals surface area contributed by atoms with Crippen LogP contribution in [0.3, 0.4) is 0 Å². The van der Waals surface area contributed by atoms with Crippen LogP contribution in [0.25, 0.3) is 0 Å². The molecule has 6 nitrogen and oxygen atoms in total. The van der Waals surface area contributed by atoms with E-state index in [1.54, 1.807) is 7.11 Å². The number of aliphatic imine (C=N–C) groups is 1. The van der Waals surface area contributed by atoms with Gasteiger partial charge in [-0.3, -0.25) is 4.99 Å². The second-order valence-electron chi connectivity index (χ2n) is 8.30. The number of nitrogens with one attached hydrogen (secondary N) is 1. The lowest BCUT2D eigenvalue weighted by atomic mass is 9.84. The third-order valence-corrected chi connectivity index (χ3v) is 5.90. The molecule has 1 aromatic carbocycles. The fourth-order valence-electron chi connectivity index (χ4n) is 3.87. The number of likely N-dealkylation sites (tertiary alicyclic amines) is 1. The normalized spacial score (nSPS) is 20.9. The van der Waals surface area contributed by atoms with Crippen LogP contribution in [0, 0.1) is 5.92 Å². The number of aromatic nitrogens is 2. The summed E-state index contributed by atoms with van der Waals surface area (Å²) in [5.74, 6) is 2.48. The van der Waals surface area contributed by atoms with Gasteiger partial charge in [0, 0.05) is 44.5 Å². The molecule has 0 bridgehead atoms. The van der Waals surface area contributed by atoms with E-state index in [1.165, 1.54) is 5.56 Å². The molecule has 1 aromatic heterocycles. The highest BCUT2D eigenvalue weighted by atomic mass is 16.5. The molecule has 1 fully saturated rings. The molecule has 0 saturated carbocycles. The third kappa shape index (κ3) is 4.49. The predicted molar refractivity (Wildman–Crippen MR) is 114 cm³/mol. The number of imidazole rings is 1. The Hall–Kier alpha value is -2.50. The minimum atomic E-state index is -0.0188. The number of guanidine groups is 1. The van der Waals surface area contributed by atoms with Crippen LogP contribution in [0.2, 0.25) is 0 Å². The molecule has 1 saturated heterocycles. The van der Waals surface area contributed by atoms with Crippen molar-refractivity contribution in [2.75, 3.05) is 33.8 Å². The van der Waals surface area contributed by atoms with Gasteiger partial charge in [0.1, 0.15) is 5.75 Å². The van der Waals surface area contributed by atoms with E-state index < -0.39 is 0 Å². The van der Waals surface area contributed by atoms with Crippen molar-refractivity contribution >= 4 is 5.96 Å². The maximum Gasteiger partial charge on any atom is 0.193 e. The van der Waals surface area contributed by atoms with Crippen molar-refractivity contribution in [1.82, 2.24) is 19.8 Å². The number of ether oxygens (including phenoxy) is 1. The Morgan fingerprint density at radius 1 is 1.32 bits per heavy atom. The van der Waals surface area contributed by atoms with Crippen molar-refractivity contribution in [1.29, 1.82) is 0 Å². The Morgan fingerprint density at radius 2 is 2.07 bits per heavy atom. The molecule has 0 amide bonds. The highest BCUT2D eigenvalue weighted by Crippen LogP contribution is 2.28. The molecule has 2 atom stereocenters. The Kier molecular flexibility index (Phi) is 6.27. The Balaban J connectivity index is 1.65. The molecule has 6 heteroatoms. The second-order valence-corrected chi connectivity index (χ2v) is 8.30. The average Bonchev–Trinajstić information content (AvgIpc) is 3.24. The van der Waals surface area contributed by atoms with E-state index in [9.17, 15) is 0 Å². The maximum absolute atomic E-state index is 5.28. The van der Waals surface area contributed by atoms with Gasteiger partial charge in [-0.25, -0.2) is 4.98 Å². The van der Waals surface area contributed by atoms with E-state index in [0.29, 0.717) is 12.0 Å². The van der Waals surface area contributed by atoms with Gasteiger partial charge in [-0.15, -0.1) is 0 Å². The van der Waals surface area contributed by atoms with Gasteiger partial charge >= 0.3 is 0 Å². The highest BCUT2D eigenvalue weighted by Gasteiger charge is 2.30. The lowest BCUT2D eigenvalue weighted by molar-refractivity contribution is 0.188. The third-order valence-electron chi connectivity index (χ3n) is 5.90.